The third-order valence-electron chi connectivity index (χ3n) is 4.34. The number of amides is 1. The van der Waals surface area contributed by atoms with E-state index in [-0.39, 0.29) is 18.6 Å². The van der Waals surface area contributed by atoms with Gasteiger partial charge in [0.1, 0.15) is 6.61 Å². The van der Waals surface area contributed by atoms with Crippen molar-refractivity contribution in [2.45, 2.75) is 25.6 Å². The summed E-state index contributed by atoms with van der Waals surface area (Å²) in [6, 6.07) is 10.3. The first kappa shape index (κ1) is 19.8. The van der Waals surface area contributed by atoms with Gasteiger partial charge in [-0.2, -0.15) is 0 Å². The summed E-state index contributed by atoms with van der Waals surface area (Å²) in [5.74, 6) is 0.833. The summed E-state index contributed by atoms with van der Waals surface area (Å²) in [4.78, 5) is 12.3. The fourth-order valence-corrected chi connectivity index (χ4v) is 3.30. The summed E-state index contributed by atoms with van der Waals surface area (Å²) in [6.45, 7) is 1.53. The Morgan fingerprint density at radius 2 is 2.07 bits per heavy atom. The van der Waals surface area contributed by atoms with Crippen LogP contribution in [0.1, 0.15) is 28.8 Å². The van der Waals surface area contributed by atoms with E-state index in [1.54, 1.807) is 30.3 Å². The number of hydrogen-bond donors (Lipinski definition) is 1. The average molecular weight is 410 g/mol. The summed E-state index contributed by atoms with van der Waals surface area (Å²) in [5, 5.41) is 4.00. The third-order valence-corrected chi connectivity index (χ3v) is 4.93. The zero-order valence-electron chi connectivity index (χ0n) is 15.0. The van der Waals surface area contributed by atoms with Crippen LogP contribution in [-0.2, 0) is 11.3 Å². The molecule has 0 unspecified atom stereocenters. The van der Waals surface area contributed by atoms with Crippen LogP contribution in [0, 0.1) is 0 Å². The van der Waals surface area contributed by atoms with Crippen molar-refractivity contribution < 1.29 is 19.0 Å². The van der Waals surface area contributed by atoms with Gasteiger partial charge in [-0.1, -0.05) is 29.3 Å². The third kappa shape index (κ3) is 5.28. The van der Waals surface area contributed by atoms with Gasteiger partial charge in [-0.25, -0.2) is 0 Å². The van der Waals surface area contributed by atoms with Crippen molar-refractivity contribution in [3.63, 3.8) is 0 Å². The van der Waals surface area contributed by atoms with E-state index in [4.69, 9.17) is 37.4 Å². The largest absolute Gasteiger partial charge is 0.493 e. The number of hydrogen-bond acceptors (Lipinski definition) is 4. The topological polar surface area (TPSA) is 56.8 Å². The molecule has 2 aromatic rings. The van der Waals surface area contributed by atoms with E-state index >= 15 is 0 Å². The maximum absolute atomic E-state index is 12.3. The van der Waals surface area contributed by atoms with Gasteiger partial charge in [0, 0.05) is 34.3 Å². The van der Waals surface area contributed by atoms with Gasteiger partial charge >= 0.3 is 0 Å². The fraction of sp³-hybridized carbons (Fsp3) is 0.350. The van der Waals surface area contributed by atoms with E-state index in [0.717, 1.165) is 25.0 Å². The second-order valence-corrected chi connectivity index (χ2v) is 7.08. The van der Waals surface area contributed by atoms with Crippen LogP contribution in [0.2, 0.25) is 10.0 Å². The van der Waals surface area contributed by atoms with Crippen LogP contribution in [-0.4, -0.2) is 32.3 Å². The molecule has 7 heteroatoms. The van der Waals surface area contributed by atoms with Gasteiger partial charge in [-0.05, 0) is 43.2 Å². The molecule has 0 saturated carbocycles. The molecular weight excluding hydrogens is 389 g/mol. The molecule has 144 valence electrons. The van der Waals surface area contributed by atoms with Gasteiger partial charge in [-0.15, -0.1) is 0 Å². The first-order chi connectivity index (χ1) is 13.1. The minimum Gasteiger partial charge on any atom is -0.493 e. The lowest BCUT2D eigenvalue weighted by atomic mass is 10.1. The SMILES string of the molecule is COc1cc(C(=O)NC[C@H]2CCCO2)ccc1OCc1ccc(Cl)cc1Cl. The molecule has 2 aromatic carbocycles. The summed E-state index contributed by atoms with van der Waals surface area (Å²) >= 11 is 12.1. The van der Waals surface area contributed by atoms with Crippen molar-refractivity contribution >= 4 is 29.1 Å². The normalized spacial score (nSPS) is 16.2. The predicted octanol–water partition coefficient (Wildman–Crippen LogP) is 4.49. The van der Waals surface area contributed by atoms with Crippen LogP contribution >= 0.6 is 23.2 Å². The number of carbonyl (C=O) groups is 1. The standard InChI is InChI=1S/C20H21Cl2NO4/c1-25-19-9-13(20(24)23-11-16-3-2-8-26-16)5-7-18(19)27-12-14-4-6-15(21)10-17(14)22/h4-7,9-10,16H,2-3,8,11-12H2,1H3,(H,23,24)/t16-/m1/s1. The highest BCUT2D eigenvalue weighted by Gasteiger charge is 2.17. The van der Waals surface area contributed by atoms with Crippen LogP contribution < -0.4 is 14.8 Å². The fourth-order valence-electron chi connectivity index (χ4n) is 2.84. The second kappa shape index (κ2) is 9.31. The van der Waals surface area contributed by atoms with E-state index in [2.05, 4.69) is 5.32 Å². The Bertz CT molecular complexity index is 807. The highest BCUT2D eigenvalue weighted by molar-refractivity contribution is 6.35. The first-order valence-electron chi connectivity index (χ1n) is 8.71. The van der Waals surface area contributed by atoms with Gasteiger partial charge in [0.25, 0.3) is 5.91 Å². The number of halogens is 2. The molecule has 0 aliphatic carbocycles. The Kier molecular flexibility index (Phi) is 6.83. The molecule has 1 saturated heterocycles. The van der Waals surface area contributed by atoms with Crippen molar-refractivity contribution in [2.24, 2.45) is 0 Å². The van der Waals surface area contributed by atoms with Crippen LogP contribution in [0.25, 0.3) is 0 Å². The van der Waals surface area contributed by atoms with Crippen LogP contribution in [0.3, 0.4) is 0 Å². The van der Waals surface area contributed by atoms with E-state index in [1.807, 2.05) is 6.07 Å². The molecule has 0 bridgehead atoms. The molecule has 1 atom stereocenters. The number of nitrogens with one attached hydrogen (secondary N) is 1. The minimum absolute atomic E-state index is 0.0996. The maximum Gasteiger partial charge on any atom is 0.251 e. The predicted molar refractivity (Wildman–Crippen MR) is 105 cm³/mol. The van der Waals surface area contributed by atoms with Crippen molar-refractivity contribution in [3.8, 4) is 11.5 Å². The van der Waals surface area contributed by atoms with Crippen molar-refractivity contribution in [1.29, 1.82) is 0 Å². The molecule has 27 heavy (non-hydrogen) atoms. The van der Waals surface area contributed by atoms with Crippen molar-refractivity contribution in [2.75, 3.05) is 20.3 Å². The summed E-state index contributed by atoms with van der Waals surface area (Å²) in [5.41, 5.74) is 1.31. The van der Waals surface area contributed by atoms with E-state index < -0.39 is 0 Å². The molecular formula is C20H21Cl2NO4. The molecule has 1 amide bonds. The van der Waals surface area contributed by atoms with Gasteiger partial charge in [0.15, 0.2) is 11.5 Å². The maximum atomic E-state index is 12.3. The van der Waals surface area contributed by atoms with E-state index in [9.17, 15) is 4.79 Å². The van der Waals surface area contributed by atoms with Gasteiger partial charge < -0.3 is 19.5 Å². The first-order valence-corrected chi connectivity index (χ1v) is 9.47. The molecule has 5 nitrogen and oxygen atoms in total. The number of methoxy groups -OCH3 is 1. The summed E-state index contributed by atoms with van der Waals surface area (Å²) in [6.07, 6.45) is 2.12. The molecule has 1 aliphatic rings. The van der Waals surface area contributed by atoms with Gasteiger partial charge in [0.2, 0.25) is 0 Å². The van der Waals surface area contributed by atoms with Crippen LogP contribution in [0.4, 0.5) is 0 Å². The molecule has 0 spiro atoms. The lowest BCUT2D eigenvalue weighted by molar-refractivity contribution is 0.0857. The molecule has 1 N–H and O–H groups in total. The smallest absolute Gasteiger partial charge is 0.251 e. The summed E-state index contributed by atoms with van der Waals surface area (Å²) < 4.78 is 16.7. The lowest BCUT2D eigenvalue weighted by Gasteiger charge is -2.14. The molecule has 1 heterocycles. The van der Waals surface area contributed by atoms with Crippen LogP contribution in [0.5, 0.6) is 11.5 Å². The minimum atomic E-state index is -0.170. The van der Waals surface area contributed by atoms with Gasteiger partial charge in [-0.3, -0.25) is 4.79 Å². The Labute approximate surface area is 168 Å². The van der Waals surface area contributed by atoms with E-state index in [1.165, 1.54) is 7.11 Å². The average Bonchev–Trinajstić information content (AvgIpc) is 3.19. The Hall–Kier alpha value is -1.95. The Morgan fingerprint density at radius 1 is 1.22 bits per heavy atom. The highest BCUT2D eigenvalue weighted by atomic mass is 35.5. The number of carbonyl (C=O) groups excluding carboxylic acids is 1. The molecule has 0 aromatic heterocycles. The quantitative estimate of drug-likeness (QED) is 0.731. The molecule has 1 fully saturated rings. The number of benzene rings is 2. The zero-order chi connectivity index (χ0) is 19.2. The lowest BCUT2D eigenvalue weighted by Crippen LogP contribution is -2.31. The number of rotatable bonds is 7. The second-order valence-electron chi connectivity index (χ2n) is 6.24. The summed E-state index contributed by atoms with van der Waals surface area (Å²) in [7, 11) is 1.53. The molecule has 1 aliphatic heterocycles. The van der Waals surface area contributed by atoms with Gasteiger partial charge in [0.05, 0.1) is 13.2 Å². The monoisotopic (exact) mass is 409 g/mol. The molecule has 0 radical (unpaired) electrons. The Morgan fingerprint density at radius 3 is 2.78 bits per heavy atom. The zero-order valence-corrected chi connectivity index (χ0v) is 16.5. The number of ether oxygens (including phenoxy) is 3. The van der Waals surface area contributed by atoms with Crippen molar-refractivity contribution in [3.05, 3.63) is 57.6 Å². The Balaban J connectivity index is 1.63. The highest BCUT2D eigenvalue weighted by Crippen LogP contribution is 2.30. The van der Waals surface area contributed by atoms with Crippen molar-refractivity contribution in [1.82, 2.24) is 5.32 Å². The van der Waals surface area contributed by atoms with Crippen LogP contribution in [0.15, 0.2) is 36.4 Å². The molecule has 3 rings (SSSR count). The van der Waals surface area contributed by atoms with E-state index in [0.29, 0.717) is 33.7 Å².